The lowest BCUT2D eigenvalue weighted by molar-refractivity contribution is -0.143. The molecule has 0 aliphatic rings. The molecule has 0 saturated carbocycles. The van der Waals surface area contributed by atoms with Gasteiger partial charge in [-0.1, -0.05) is 0 Å². The van der Waals surface area contributed by atoms with Crippen LogP contribution in [-0.2, 0) is 9.53 Å². The van der Waals surface area contributed by atoms with E-state index in [2.05, 4.69) is 15.3 Å². The number of carbonyl (C=O) groups excluding carboxylic acids is 1. The zero-order chi connectivity index (χ0) is 13.5. The van der Waals surface area contributed by atoms with Crippen molar-refractivity contribution in [3.63, 3.8) is 0 Å². The number of carbonyl (C=O) groups is 1. The van der Waals surface area contributed by atoms with Crippen molar-refractivity contribution in [1.82, 2.24) is 9.97 Å². The van der Waals surface area contributed by atoms with E-state index in [4.69, 9.17) is 9.47 Å². The molecule has 1 rings (SSSR count). The first-order valence-corrected chi connectivity index (χ1v) is 5.97. The summed E-state index contributed by atoms with van der Waals surface area (Å²) in [7, 11) is 0. The van der Waals surface area contributed by atoms with Crippen LogP contribution in [0.5, 0.6) is 5.88 Å². The minimum Gasteiger partial charge on any atom is -0.478 e. The van der Waals surface area contributed by atoms with Gasteiger partial charge in [0, 0.05) is 0 Å². The Bertz CT molecular complexity index is 410. The molecule has 1 atom stereocenters. The van der Waals surface area contributed by atoms with E-state index in [0.717, 1.165) is 5.56 Å². The Kier molecular flexibility index (Phi) is 5.35. The van der Waals surface area contributed by atoms with Crippen molar-refractivity contribution in [1.29, 1.82) is 0 Å². The SMILES string of the molecule is CCOC(=O)C(C)Nc1ncnc(OCC)c1C. The summed E-state index contributed by atoms with van der Waals surface area (Å²) in [5.41, 5.74) is 0.774. The van der Waals surface area contributed by atoms with Crippen LogP contribution in [0.3, 0.4) is 0 Å². The quantitative estimate of drug-likeness (QED) is 0.775. The molecule has 0 spiro atoms. The van der Waals surface area contributed by atoms with Crippen molar-refractivity contribution >= 4 is 11.8 Å². The number of nitrogens with one attached hydrogen (secondary N) is 1. The summed E-state index contributed by atoms with van der Waals surface area (Å²) in [4.78, 5) is 19.6. The van der Waals surface area contributed by atoms with Crippen LogP contribution in [0.1, 0.15) is 26.3 Å². The summed E-state index contributed by atoms with van der Waals surface area (Å²) >= 11 is 0. The predicted octanol–water partition coefficient (Wildman–Crippen LogP) is 1.55. The van der Waals surface area contributed by atoms with Gasteiger partial charge in [0.1, 0.15) is 18.2 Å². The molecule has 0 aliphatic carbocycles. The number of ether oxygens (including phenoxy) is 2. The molecule has 0 bridgehead atoms. The Morgan fingerprint density at radius 1 is 1.39 bits per heavy atom. The Balaban J connectivity index is 2.78. The third-order valence-electron chi connectivity index (χ3n) is 2.31. The molecule has 0 fully saturated rings. The van der Waals surface area contributed by atoms with Crippen LogP contribution >= 0.6 is 0 Å². The average molecular weight is 253 g/mol. The predicted molar refractivity (Wildman–Crippen MR) is 67.7 cm³/mol. The second kappa shape index (κ2) is 6.78. The van der Waals surface area contributed by atoms with Gasteiger partial charge in [0.15, 0.2) is 0 Å². The van der Waals surface area contributed by atoms with Crippen molar-refractivity contribution in [2.24, 2.45) is 0 Å². The van der Waals surface area contributed by atoms with E-state index in [1.54, 1.807) is 13.8 Å². The molecule has 0 amide bonds. The molecule has 6 heteroatoms. The first-order valence-electron chi connectivity index (χ1n) is 5.97. The Morgan fingerprint density at radius 2 is 2.11 bits per heavy atom. The molecular weight excluding hydrogens is 234 g/mol. The van der Waals surface area contributed by atoms with Crippen LogP contribution in [0.15, 0.2) is 6.33 Å². The maximum atomic E-state index is 11.5. The van der Waals surface area contributed by atoms with Crippen LogP contribution in [0, 0.1) is 6.92 Å². The van der Waals surface area contributed by atoms with E-state index in [0.29, 0.717) is 24.9 Å². The molecule has 1 aromatic heterocycles. The smallest absolute Gasteiger partial charge is 0.328 e. The molecule has 100 valence electrons. The van der Waals surface area contributed by atoms with Gasteiger partial charge >= 0.3 is 5.97 Å². The lowest BCUT2D eigenvalue weighted by atomic mass is 10.3. The highest BCUT2D eigenvalue weighted by atomic mass is 16.5. The molecule has 18 heavy (non-hydrogen) atoms. The standard InChI is InChI=1S/C12H19N3O3/c1-5-17-11-8(3)10(13-7-14-11)15-9(4)12(16)18-6-2/h7,9H,5-6H2,1-4H3,(H,13,14,15). The molecule has 1 N–H and O–H groups in total. The third-order valence-corrected chi connectivity index (χ3v) is 2.31. The minimum atomic E-state index is -0.465. The van der Waals surface area contributed by atoms with Crippen LogP contribution in [0.2, 0.25) is 0 Å². The lowest BCUT2D eigenvalue weighted by Gasteiger charge is -2.15. The zero-order valence-electron chi connectivity index (χ0n) is 11.2. The number of anilines is 1. The van der Waals surface area contributed by atoms with Crippen molar-refractivity contribution in [3.8, 4) is 5.88 Å². The van der Waals surface area contributed by atoms with E-state index >= 15 is 0 Å². The topological polar surface area (TPSA) is 73.3 Å². The number of hydrogen-bond acceptors (Lipinski definition) is 6. The highest BCUT2D eigenvalue weighted by molar-refractivity contribution is 5.78. The number of nitrogens with zero attached hydrogens (tertiary/aromatic N) is 2. The second-order valence-corrected chi connectivity index (χ2v) is 3.70. The Morgan fingerprint density at radius 3 is 2.72 bits per heavy atom. The number of hydrogen-bond donors (Lipinski definition) is 1. The fourth-order valence-electron chi connectivity index (χ4n) is 1.39. The van der Waals surface area contributed by atoms with Gasteiger partial charge in [-0.05, 0) is 27.7 Å². The van der Waals surface area contributed by atoms with E-state index in [1.807, 2.05) is 13.8 Å². The molecular formula is C12H19N3O3. The molecule has 1 aromatic rings. The second-order valence-electron chi connectivity index (χ2n) is 3.70. The minimum absolute atomic E-state index is 0.312. The van der Waals surface area contributed by atoms with Crippen molar-refractivity contribution in [2.45, 2.75) is 33.7 Å². The average Bonchev–Trinajstić information content (AvgIpc) is 2.34. The summed E-state index contributed by atoms with van der Waals surface area (Å²) in [6.45, 7) is 8.11. The first kappa shape index (κ1) is 14.2. The highest BCUT2D eigenvalue weighted by Gasteiger charge is 2.16. The normalized spacial score (nSPS) is 11.8. The summed E-state index contributed by atoms with van der Waals surface area (Å²) < 4.78 is 10.3. The van der Waals surface area contributed by atoms with Crippen molar-refractivity contribution in [2.75, 3.05) is 18.5 Å². The van der Waals surface area contributed by atoms with E-state index in [9.17, 15) is 4.79 Å². The maximum absolute atomic E-state index is 11.5. The molecule has 1 heterocycles. The molecule has 0 aliphatic heterocycles. The fraction of sp³-hybridized carbons (Fsp3) is 0.583. The first-order chi connectivity index (χ1) is 8.60. The van der Waals surface area contributed by atoms with E-state index < -0.39 is 6.04 Å². The van der Waals surface area contributed by atoms with Crippen LogP contribution in [0.25, 0.3) is 0 Å². The van der Waals surface area contributed by atoms with Gasteiger partial charge in [0.05, 0.1) is 18.8 Å². The van der Waals surface area contributed by atoms with Gasteiger partial charge in [-0.3, -0.25) is 0 Å². The molecule has 1 unspecified atom stereocenters. The van der Waals surface area contributed by atoms with Crippen LogP contribution in [-0.4, -0.2) is 35.2 Å². The maximum Gasteiger partial charge on any atom is 0.328 e. The number of esters is 1. The molecule has 6 nitrogen and oxygen atoms in total. The fourth-order valence-corrected chi connectivity index (χ4v) is 1.39. The van der Waals surface area contributed by atoms with E-state index in [-0.39, 0.29) is 5.97 Å². The van der Waals surface area contributed by atoms with Gasteiger partial charge in [-0.25, -0.2) is 14.8 Å². The number of rotatable bonds is 6. The summed E-state index contributed by atoms with van der Waals surface area (Å²) in [5, 5.41) is 2.99. The molecule has 0 saturated heterocycles. The number of aromatic nitrogens is 2. The molecule has 0 aromatic carbocycles. The van der Waals surface area contributed by atoms with E-state index in [1.165, 1.54) is 6.33 Å². The Hall–Kier alpha value is -1.85. The zero-order valence-corrected chi connectivity index (χ0v) is 11.2. The van der Waals surface area contributed by atoms with Gasteiger partial charge in [0.25, 0.3) is 0 Å². The van der Waals surface area contributed by atoms with Crippen LogP contribution < -0.4 is 10.1 Å². The lowest BCUT2D eigenvalue weighted by Crippen LogP contribution is -2.29. The van der Waals surface area contributed by atoms with Gasteiger partial charge < -0.3 is 14.8 Å². The van der Waals surface area contributed by atoms with Gasteiger partial charge in [-0.15, -0.1) is 0 Å². The third kappa shape index (κ3) is 3.58. The van der Waals surface area contributed by atoms with Crippen molar-refractivity contribution < 1.29 is 14.3 Å². The highest BCUT2D eigenvalue weighted by Crippen LogP contribution is 2.20. The monoisotopic (exact) mass is 253 g/mol. The van der Waals surface area contributed by atoms with Gasteiger partial charge in [-0.2, -0.15) is 0 Å². The Labute approximate surface area is 107 Å². The van der Waals surface area contributed by atoms with Crippen molar-refractivity contribution in [3.05, 3.63) is 11.9 Å². The largest absolute Gasteiger partial charge is 0.478 e. The van der Waals surface area contributed by atoms with Crippen LogP contribution in [0.4, 0.5) is 5.82 Å². The van der Waals surface area contributed by atoms with Gasteiger partial charge in [0.2, 0.25) is 5.88 Å². The summed E-state index contributed by atoms with van der Waals surface area (Å²) in [6.07, 6.45) is 1.40. The summed E-state index contributed by atoms with van der Waals surface area (Å²) in [6, 6.07) is -0.465. The molecule has 0 radical (unpaired) electrons. The summed E-state index contributed by atoms with van der Waals surface area (Å²) in [5.74, 6) is 0.786.